The molecule has 1 heterocycles. The zero-order valence-electron chi connectivity index (χ0n) is 9.95. The summed E-state index contributed by atoms with van der Waals surface area (Å²) in [4.78, 5) is 0. The van der Waals surface area contributed by atoms with E-state index in [-0.39, 0.29) is 0 Å². The van der Waals surface area contributed by atoms with Crippen molar-refractivity contribution in [3.05, 3.63) is 40.8 Å². The van der Waals surface area contributed by atoms with Crippen molar-refractivity contribution in [2.24, 2.45) is 0 Å². The van der Waals surface area contributed by atoms with Gasteiger partial charge >= 0.3 is 0 Å². The minimum atomic E-state index is 0.429. The molecule has 0 spiro atoms. The van der Waals surface area contributed by atoms with E-state index in [1.54, 1.807) is 0 Å². The number of hydrogen-bond acceptors (Lipinski definition) is 2. The molecule has 2 rings (SSSR count). The third kappa shape index (κ3) is 2.18. The van der Waals surface area contributed by atoms with Crippen LogP contribution in [0, 0.1) is 0 Å². The Morgan fingerprint density at radius 2 is 2.12 bits per heavy atom. The molecule has 1 aromatic heterocycles. The highest BCUT2D eigenvalue weighted by Gasteiger charge is 2.04. The fourth-order valence-electron chi connectivity index (χ4n) is 1.71. The van der Waals surface area contributed by atoms with Crippen molar-refractivity contribution >= 4 is 27.5 Å². The molecule has 1 aromatic carbocycles. The molecule has 84 valence electrons. The first kappa shape index (κ1) is 11.4. The van der Waals surface area contributed by atoms with Gasteiger partial charge in [0.25, 0.3) is 0 Å². The molecular weight excluding hydrogens is 214 g/mol. The van der Waals surface area contributed by atoms with Crippen LogP contribution in [-0.4, -0.2) is 13.1 Å². The van der Waals surface area contributed by atoms with Crippen molar-refractivity contribution in [2.75, 3.05) is 7.05 Å². The summed E-state index contributed by atoms with van der Waals surface area (Å²) in [5.74, 6) is 0. The van der Waals surface area contributed by atoms with Gasteiger partial charge < -0.3 is 5.32 Å². The standard InChI is InChI=1S/C14H17NS/c1-10(11(2)15-3)8-12-9-16-14-7-5-4-6-13(12)14/h4-9,11,15H,1-3H3/b10-8+. The predicted octanol–water partition coefficient (Wildman–Crippen LogP) is 3.91. The molecule has 0 fully saturated rings. The van der Waals surface area contributed by atoms with Crippen molar-refractivity contribution in [1.82, 2.24) is 5.32 Å². The van der Waals surface area contributed by atoms with E-state index in [0.29, 0.717) is 6.04 Å². The first-order valence-corrected chi connectivity index (χ1v) is 6.42. The van der Waals surface area contributed by atoms with E-state index in [1.165, 1.54) is 21.2 Å². The summed E-state index contributed by atoms with van der Waals surface area (Å²) in [5, 5.41) is 6.85. The van der Waals surface area contributed by atoms with E-state index >= 15 is 0 Å². The Morgan fingerprint density at radius 3 is 2.88 bits per heavy atom. The molecule has 1 unspecified atom stereocenters. The van der Waals surface area contributed by atoms with E-state index in [4.69, 9.17) is 0 Å². The highest BCUT2D eigenvalue weighted by atomic mass is 32.1. The number of hydrogen-bond donors (Lipinski definition) is 1. The molecule has 1 nitrogen and oxygen atoms in total. The lowest BCUT2D eigenvalue weighted by molar-refractivity contribution is 0.696. The molecule has 0 amide bonds. The van der Waals surface area contributed by atoms with E-state index in [2.05, 4.69) is 54.9 Å². The highest BCUT2D eigenvalue weighted by Crippen LogP contribution is 2.27. The number of fused-ring (bicyclic) bond motifs is 1. The Kier molecular flexibility index (Phi) is 3.42. The van der Waals surface area contributed by atoms with Gasteiger partial charge in [0, 0.05) is 10.7 Å². The van der Waals surface area contributed by atoms with Crippen molar-refractivity contribution in [3.8, 4) is 0 Å². The van der Waals surface area contributed by atoms with Gasteiger partial charge in [0.2, 0.25) is 0 Å². The molecule has 0 aliphatic rings. The van der Waals surface area contributed by atoms with Gasteiger partial charge in [-0.3, -0.25) is 0 Å². The zero-order valence-corrected chi connectivity index (χ0v) is 10.8. The van der Waals surface area contributed by atoms with Crippen LogP contribution >= 0.6 is 11.3 Å². The van der Waals surface area contributed by atoms with Gasteiger partial charge in [0.1, 0.15) is 0 Å². The lowest BCUT2D eigenvalue weighted by Crippen LogP contribution is -2.21. The second-order valence-electron chi connectivity index (χ2n) is 4.09. The van der Waals surface area contributed by atoms with Gasteiger partial charge in [-0.15, -0.1) is 11.3 Å². The van der Waals surface area contributed by atoms with Crippen LogP contribution in [-0.2, 0) is 0 Å². The van der Waals surface area contributed by atoms with Gasteiger partial charge in [-0.2, -0.15) is 0 Å². The van der Waals surface area contributed by atoms with Crippen LogP contribution in [0.1, 0.15) is 19.4 Å². The largest absolute Gasteiger partial charge is 0.314 e. The predicted molar refractivity (Wildman–Crippen MR) is 74.0 cm³/mol. The first-order chi connectivity index (χ1) is 7.72. The van der Waals surface area contributed by atoms with Gasteiger partial charge in [-0.25, -0.2) is 0 Å². The Balaban J connectivity index is 2.41. The van der Waals surface area contributed by atoms with Crippen LogP contribution in [0.15, 0.2) is 35.2 Å². The summed E-state index contributed by atoms with van der Waals surface area (Å²) >= 11 is 1.81. The number of likely N-dealkylation sites (N-methyl/N-ethyl adjacent to an activating group) is 1. The molecule has 0 saturated heterocycles. The number of nitrogens with one attached hydrogen (secondary N) is 1. The quantitative estimate of drug-likeness (QED) is 0.844. The van der Waals surface area contributed by atoms with Gasteiger partial charge in [-0.05, 0) is 43.3 Å². The van der Waals surface area contributed by atoms with Crippen LogP contribution in [0.4, 0.5) is 0 Å². The highest BCUT2D eigenvalue weighted by molar-refractivity contribution is 7.17. The van der Waals surface area contributed by atoms with E-state index in [9.17, 15) is 0 Å². The molecule has 0 bridgehead atoms. The smallest absolute Gasteiger partial charge is 0.0348 e. The molecule has 0 aliphatic heterocycles. The van der Waals surface area contributed by atoms with E-state index in [0.717, 1.165) is 0 Å². The third-order valence-electron chi connectivity index (χ3n) is 3.01. The fraction of sp³-hybridized carbons (Fsp3) is 0.286. The maximum Gasteiger partial charge on any atom is 0.0348 e. The van der Waals surface area contributed by atoms with Crippen LogP contribution in [0.5, 0.6) is 0 Å². The van der Waals surface area contributed by atoms with E-state index < -0.39 is 0 Å². The SMILES string of the molecule is CNC(C)/C(C)=C/c1csc2ccccc12. The summed E-state index contributed by atoms with van der Waals surface area (Å²) in [6, 6.07) is 8.99. The average molecular weight is 231 g/mol. The third-order valence-corrected chi connectivity index (χ3v) is 3.99. The summed E-state index contributed by atoms with van der Waals surface area (Å²) in [6.45, 7) is 4.36. The molecule has 1 N–H and O–H groups in total. The topological polar surface area (TPSA) is 12.0 Å². The van der Waals surface area contributed by atoms with Crippen molar-refractivity contribution < 1.29 is 0 Å². The lowest BCUT2D eigenvalue weighted by atomic mass is 10.1. The van der Waals surface area contributed by atoms with Gasteiger partial charge in [-0.1, -0.05) is 29.8 Å². The van der Waals surface area contributed by atoms with Crippen molar-refractivity contribution in [2.45, 2.75) is 19.9 Å². The number of rotatable bonds is 3. The van der Waals surface area contributed by atoms with Crippen molar-refractivity contribution in [1.29, 1.82) is 0 Å². The van der Waals surface area contributed by atoms with Crippen LogP contribution in [0.2, 0.25) is 0 Å². The Morgan fingerprint density at radius 1 is 1.38 bits per heavy atom. The number of thiophene rings is 1. The van der Waals surface area contributed by atoms with Gasteiger partial charge in [0.15, 0.2) is 0 Å². The lowest BCUT2D eigenvalue weighted by Gasteiger charge is -2.10. The molecule has 2 aromatic rings. The minimum Gasteiger partial charge on any atom is -0.314 e. The molecule has 1 atom stereocenters. The molecule has 0 radical (unpaired) electrons. The maximum atomic E-state index is 3.26. The van der Waals surface area contributed by atoms with Crippen molar-refractivity contribution in [3.63, 3.8) is 0 Å². The number of benzene rings is 1. The molecule has 0 saturated carbocycles. The van der Waals surface area contributed by atoms with Crippen LogP contribution in [0.25, 0.3) is 16.2 Å². The van der Waals surface area contributed by atoms with Gasteiger partial charge in [0.05, 0.1) is 0 Å². The van der Waals surface area contributed by atoms with Crippen LogP contribution in [0.3, 0.4) is 0 Å². The minimum absolute atomic E-state index is 0.429. The molecular formula is C14H17NS. The monoisotopic (exact) mass is 231 g/mol. The Hall–Kier alpha value is -1.12. The Bertz CT molecular complexity index is 510. The van der Waals surface area contributed by atoms with Crippen LogP contribution < -0.4 is 5.32 Å². The summed E-state index contributed by atoms with van der Waals surface area (Å²) in [6.07, 6.45) is 2.28. The fourth-order valence-corrected chi connectivity index (χ4v) is 2.63. The Labute approximate surface area is 101 Å². The second kappa shape index (κ2) is 4.81. The summed E-state index contributed by atoms with van der Waals surface area (Å²) < 4.78 is 1.36. The summed E-state index contributed by atoms with van der Waals surface area (Å²) in [5.41, 5.74) is 2.70. The molecule has 0 aliphatic carbocycles. The second-order valence-corrected chi connectivity index (χ2v) is 5.00. The average Bonchev–Trinajstić information content (AvgIpc) is 2.72. The maximum absolute atomic E-state index is 3.26. The normalized spacial score (nSPS) is 14.3. The first-order valence-electron chi connectivity index (χ1n) is 5.54. The molecule has 2 heteroatoms. The van der Waals surface area contributed by atoms with E-state index in [1.807, 2.05) is 18.4 Å². The summed E-state index contributed by atoms with van der Waals surface area (Å²) in [7, 11) is 1.99. The zero-order chi connectivity index (χ0) is 11.5. The molecule has 16 heavy (non-hydrogen) atoms.